The van der Waals surface area contributed by atoms with Crippen LogP contribution in [0.15, 0.2) is 30.3 Å². The van der Waals surface area contributed by atoms with Crippen LogP contribution in [0.3, 0.4) is 0 Å². The molecule has 100 valence electrons. The van der Waals surface area contributed by atoms with E-state index in [1.165, 1.54) is 4.90 Å². The smallest absolute Gasteiger partial charge is 0.413 e. The van der Waals surface area contributed by atoms with Crippen LogP contribution < -0.4 is 0 Å². The van der Waals surface area contributed by atoms with Crippen molar-refractivity contribution in [2.24, 2.45) is 0 Å². The molecule has 1 heterocycles. The second kappa shape index (κ2) is 5.29. The number of nitriles is 1. The van der Waals surface area contributed by atoms with E-state index in [-0.39, 0.29) is 13.2 Å². The highest BCUT2D eigenvalue weighted by Crippen LogP contribution is 2.27. The highest BCUT2D eigenvalue weighted by molar-refractivity contribution is 5.69. The van der Waals surface area contributed by atoms with Gasteiger partial charge >= 0.3 is 6.09 Å². The van der Waals surface area contributed by atoms with Crippen molar-refractivity contribution in [3.63, 3.8) is 0 Å². The first-order valence-corrected chi connectivity index (χ1v) is 6.08. The van der Waals surface area contributed by atoms with Gasteiger partial charge in [0.15, 0.2) is 0 Å². The number of ether oxygens (including phenoxy) is 2. The highest BCUT2D eigenvalue weighted by atomic mass is 16.6. The van der Waals surface area contributed by atoms with Gasteiger partial charge in [-0.1, -0.05) is 30.3 Å². The molecule has 5 heteroatoms. The molecule has 1 amide bonds. The fraction of sp³-hybridized carbons (Fsp3) is 0.429. The van der Waals surface area contributed by atoms with Crippen molar-refractivity contribution < 1.29 is 14.3 Å². The summed E-state index contributed by atoms with van der Waals surface area (Å²) in [5.74, 6) is 0. The van der Waals surface area contributed by atoms with E-state index in [2.05, 4.69) is 0 Å². The third-order valence-corrected chi connectivity index (χ3v) is 3.04. The molecular formula is C14H16N2O3. The fourth-order valence-corrected chi connectivity index (χ4v) is 2.03. The Hall–Kier alpha value is -2.06. The molecule has 2 rings (SSSR count). The lowest BCUT2D eigenvalue weighted by molar-refractivity contribution is -0.0478. The maximum absolute atomic E-state index is 12.1. The third-order valence-electron chi connectivity index (χ3n) is 3.04. The quantitative estimate of drug-likeness (QED) is 0.818. The van der Waals surface area contributed by atoms with Crippen LogP contribution in [0.5, 0.6) is 0 Å². The normalized spacial score (nSPS) is 20.9. The minimum atomic E-state index is -0.811. The van der Waals surface area contributed by atoms with E-state index >= 15 is 0 Å². The number of amides is 1. The number of carbonyl (C=O) groups excluding carboxylic acids is 1. The van der Waals surface area contributed by atoms with Gasteiger partial charge in [-0.2, -0.15) is 5.26 Å². The molecule has 0 unspecified atom stereocenters. The molecule has 0 bridgehead atoms. The van der Waals surface area contributed by atoms with E-state index in [0.717, 1.165) is 5.56 Å². The van der Waals surface area contributed by atoms with Crippen LogP contribution in [0, 0.1) is 11.3 Å². The largest absolute Gasteiger partial charge is 0.444 e. The fourth-order valence-electron chi connectivity index (χ4n) is 2.03. The Balaban J connectivity index is 2.01. The molecule has 1 aromatic carbocycles. The van der Waals surface area contributed by atoms with Gasteiger partial charge < -0.3 is 9.47 Å². The third kappa shape index (κ3) is 2.85. The zero-order chi connectivity index (χ0) is 13.9. The van der Waals surface area contributed by atoms with Crippen molar-refractivity contribution >= 4 is 6.09 Å². The number of benzene rings is 1. The summed E-state index contributed by atoms with van der Waals surface area (Å²) in [7, 11) is 0. The van der Waals surface area contributed by atoms with Crippen LogP contribution in [0.1, 0.15) is 19.4 Å². The van der Waals surface area contributed by atoms with Gasteiger partial charge in [0.1, 0.15) is 18.4 Å². The number of hydrogen-bond acceptors (Lipinski definition) is 4. The first-order valence-electron chi connectivity index (χ1n) is 6.08. The van der Waals surface area contributed by atoms with Gasteiger partial charge in [-0.3, -0.25) is 4.90 Å². The second-order valence-electron chi connectivity index (χ2n) is 4.81. The Morgan fingerprint density at radius 2 is 2.21 bits per heavy atom. The van der Waals surface area contributed by atoms with Gasteiger partial charge in [0, 0.05) is 0 Å². The number of carbonyl (C=O) groups is 1. The van der Waals surface area contributed by atoms with Crippen LogP contribution in [-0.2, 0) is 16.1 Å². The molecule has 0 saturated carbocycles. The van der Waals surface area contributed by atoms with Crippen molar-refractivity contribution in [2.75, 3.05) is 6.61 Å². The van der Waals surface area contributed by atoms with Crippen molar-refractivity contribution in [3.05, 3.63) is 35.9 Å². The van der Waals surface area contributed by atoms with E-state index in [4.69, 9.17) is 14.7 Å². The molecule has 5 nitrogen and oxygen atoms in total. The Kier molecular flexibility index (Phi) is 3.72. The molecule has 1 aromatic rings. The van der Waals surface area contributed by atoms with Gasteiger partial charge in [-0.05, 0) is 19.4 Å². The van der Waals surface area contributed by atoms with Gasteiger partial charge in [-0.15, -0.1) is 0 Å². The first kappa shape index (κ1) is 13.4. The summed E-state index contributed by atoms with van der Waals surface area (Å²) < 4.78 is 10.7. The van der Waals surface area contributed by atoms with Crippen molar-refractivity contribution in [3.8, 4) is 6.07 Å². The zero-order valence-electron chi connectivity index (χ0n) is 11.0. The highest BCUT2D eigenvalue weighted by Gasteiger charge is 2.45. The SMILES string of the molecule is CC1(C)OC[C@@H](C#N)N1C(=O)OCc1ccccc1. The first-order chi connectivity index (χ1) is 9.04. The summed E-state index contributed by atoms with van der Waals surface area (Å²) in [5.41, 5.74) is 0.0935. The van der Waals surface area contributed by atoms with E-state index in [1.807, 2.05) is 36.4 Å². The lowest BCUT2D eigenvalue weighted by Crippen LogP contribution is -2.47. The minimum absolute atomic E-state index is 0.185. The topological polar surface area (TPSA) is 62.6 Å². The molecule has 0 radical (unpaired) electrons. The lowest BCUT2D eigenvalue weighted by Gasteiger charge is -2.30. The van der Waals surface area contributed by atoms with E-state index < -0.39 is 17.9 Å². The number of rotatable bonds is 2. The molecule has 0 N–H and O–H groups in total. The molecule has 1 fully saturated rings. The van der Waals surface area contributed by atoms with Crippen molar-refractivity contribution in [2.45, 2.75) is 32.2 Å². The summed E-state index contributed by atoms with van der Waals surface area (Å²) in [6.07, 6.45) is -0.530. The molecule has 1 aliphatic rings. The van der Waals surface area contributed by atoms with Gasteiger partial charge in [0.2, 0.25) is 0 Å². The predicted molar refractivity (Wildman–Crippen MR) is 67.9 cm³/mol. The maximum Gasteiger partial charge on any atom is 0.413 e. The van der Waals surface area contributed by atoms with E-state index in [0.29, 0.717) is 0 Å². The van der Waals surface area contributed by atoms with Crippen LogP contribution in [0.25, 0.3) is 0 Å². The van der Waals surface area contributed by atoms with Crippen LogP contribution in [0.2, 0.25) is 0 Å². The minimum Gasteiger partial charge on any atom is -0.444 e. The maximum atomic E-state index is 12.1. The molecular weight excluding hydrogens is 244 g/mol. The van der Waals surface area contributed by atoms with Crippen LogP contribution >= 0.6 is 0 Å². The van der Waals surface area contributed by atoms with Crippen LogP contribution in [-0.4, -0.2) is 29.4 Å². The van der Waals surface area contributed by atoms with Gasteiger partial charge in [0.25, 0.3) is 0 Å². The Labute approximate surface area is 112 Å². The Morgan fingerprint density at radius 3 is 2.84 bits per heavy atom. The Morgan fingerprint density at radius 1 is 1.53 bits per heavy atom. The van der Waals surface area contributed by atoms with E-state index in [9.17, 15) is 4.79 Å². The van der Waals surface area contributed by atoms with E-state index in [1.54, 1.807) is 13.8 Å². The second-order valence-corrected chi connectivity index (χ2v) is 4.81. The molecule has 0 spiro atoms. The lowest BCUT2D eigenvalue weighted by atomic mass is 10.2. The van der Waals surface area contributed by atoms with Crippen molar-refractivity contribution in [1.29, 1.82) is 5.26 Å². The predicted octanol–water partition coefficient (Wildman–Crippen LogP) is 2.28. The van der Waals surface area contributed by atoms with Crippen LogP contribution in [0.4, 0.5) is 4.79 Å². The zero-order valence-corrected chi connectivity index (χ0v) is 11.0. The molecule has 0 aliphatic carbocycles. The average molecular weight is 260 g/mol. The summed E-state index contributed by atoms with van der Waals surface area (Å²) in [6, 6.07) is 10.9. The molecule has 1 aliphatic heterocycles. The summed E-state index contributed by atoms with van der Waals surface area (Å²) in [6.45, 7) is 3.89. The molecule has 1 atom stereocenters. The van der Waals surface area contributed by atoms with Crippen molar-refractivity contribution in [1.82, 2.24) is 4.90 Å². The van der Waals surface area contributed by atoms with Gasteiger partial charge in [0.05, 0.1) is 12.7 Å². The number of nitrogens with zero attached hydrogens (tertiary/aromatic N) is 2. The molecule has 19 heavy (non-hydrogen) atoms. The summed E-state index contributed by atoms with van der Waals surface area (Å²) >= 11 is 0. The number of hydrogen-bond donors (Lipinski definition) is 0. The monoisotopic (exact) mass is 260 g/mol. The Bertz CT molecular complexity index is 493. The average Bonchev–Trinajstić information content (AvgIpc) is 2.72. The summed E-state index contributed by atoms with van der Waals surface area (Å²) in [4.78, 5) is 13.4. The molecule has 1 saturated heterocycles. The molecule has 0 aromatic heterocycles. The standard InChI is InChI=1S/C14H16N2O3/c1-14(2)16(12(8-15)10-19-14)13(17)18-9-11-6-4-3-5-7-11/h3-7,12H,9-10H2,1-2H3/t12-/m1/s1. The summed E-state index contributed by atoms with van der Waals surface area (Å²) in [5, 5.41) is 9.02. The van der Waals surface area contributed by atoms with Gasteiger partial charge in [-0.25, -0.2) is 4.79 Å².